The summed E-state index contributed by atoms with van der Waals surface area (Å²) in [5, 5.41) is 17.7. The third kappa shape index (κ3) is 2.56. The molecule has 14 heavy (non-hydrogen) atoms. The minimum atomic E-state index is -4.01. The Morgan fingerprint density at radius 3 is 2.50 bits per heavy atom. The minimum Gasteiger partial charge on any atom is -0.464 e. The third-order valence-electron chi connectivity index (χ3n) is 1.97. The van der Waals surface area contributed by atoms with Crippen molar-refractivity contribution in [3.63, 3.8) is 0 Å². The van der Waals surface area contributed by atoms with E-state index in [4.69, 9.17) is 5.11 Å². The first-order valence-electron chi connectivity index (χ1n) is 3.96. The van der Waals surface area contributed by atoms with Crippen LogP contribution in [0.3, 0.4) is 0 Å². The number of amides is 1. The Kier molecular flexibility index (Phi) is 2.70. The normalized spacial score (nSPS) is 29.0. The van der Waals surface area contributed by atoms with Gasteiger partial charge in [0, 0.05) is 13.1 Å². The van der Waals surface area contributed by atoms with E-state index in [-0.39, 0.29) is 13.1 Å². The number of hydrogen-bond donors (Lipinski definition) is 3. The summed E-state index contributed by atoms with van der Waals surface area (Å²) in [5.41, 5.74) is -1.08. The van der Waals surface area contributed by atoms with Crippen molar-refractivity contribution >= 4 is 16.3 Å². The molecule has 3 N–H and O–H groups in total. The summed E-state index contributed by atoms with van der Waals surface area (Å²) in [6.45, 7) is 1.54. The molecule has 1 unspecified atom stereocenters. The number of rotatable bonds is 2. The Balaban J connectivity index is 2.72. The van der Waals surface area contributed by atoms with Gasteiger partial charge in [-0.25, -0.2) is 9.52 Å². The van der Waals surface area contributed by atoms with Gasteiger partial charge < -0.3 is 10.2 Å². The highest BCUT2D eigenvalue weighted by Crippen LogP contribution is 2.21. The Hall–Kier alpha value is -0.860. The lowest BCUT2D eigenvalue weighted by molar-refractivity contribution is 0.0761. The van der Waals surface area contributed by atoms with Gasteiger partial charge in [-0.3, -0.25) is 0 Å². The smallest absolute Gasteiger partial charge is 0.419 e. The highest BCUT2D eigenvalue weighted by molar-refractivity contribution is 7.87. The standard InChI is InChI=1S/C6H12N2O5S/c1-6(11)2-3-8(4-6)14(12,13)7-5(9)10/h7,11H,2-4H2,1H3,(H,9,10). The van der Waals surface area contributed by atoms with Crippen LogP contribution in [-0.4, -0.2) is 47.7 Å². The van der Waals surface area contributed by atoms with Gasteiger partial charge in [-0.1, -0.05) is 0 Å². The maximum Gasteiger partial charge on any atom is 0.419 e. The van der Waals surface area contributed by atoms with E-state index in [1.165, 1.54) is 11.6 Å². The lowest BCUT2D eigenvalue weighted by Gasteiger charge is -2.17. The van der Waals surface area contributed by atoms with E-state index in [0.717, 1.165) is 4.31 Å². The predicted molar refractivity (Wildman–Crippen MR) is 46.9 cm³/mol. The van der Waals surface area contributed by atoms with Crippen molar-refractivity contribution in [2.24, 2.45) is 0 Å². The fraction of sp³-hybridized carbons (Fsp3) is 0.833. The number of carboxylic acid groups (broad SMARTS) is 1. The first kappa shape index (κ1) is 11.2. The Morgan fingerprint density at radius 1 is 1.57 bits per heavy atom. The van der Waals surface area contributed by atoms with Crippen LogP contribution in [0, 0.1) is 0 Å². The molecule has 0 aromatic heterocycles. The molecule has 0 spiro atoms. The number of β-amino-alcohol motifs (C(OH)–C–C–N with tert-alkyl or cyclic N) is 1. The topological polar surface area (TPSA) is 107 Å². The van der Waals surface area contributed by atoms with Gasteiger partial charge in [-0.2, -0.15) is 12.7 Å². The van der Waals surface area contributed by atoms with Crippen molar-refractivity contribution in [1.29, 1.82) is 0 Å². The molecular formula is C6H12N2O5S. The molecular weight excluding hydrogens is 212 g/mol. The van der Waals surface area contributed by atoms with Crippen LogP contribution in [0.5, 0.6) is 0 Å². The van der Waals surface area contributed by atoms with Crippen LogP contribution in [0.1, 0.15) is 13.3 Å². The number of nitrogens with one attached hydrogen (secondary N) is 1. The Labute approximate surface area is 81.5 Å². The Morgan fingerprint density at radius 2 is 2.14 bits per heavy atom. The predicted octanol–water partition coefficient (Wildman–Crippen LogP) is -1.04. The SMILES string of the molecule is CC1(O)CCN(S(=O)(=O)NC(=O)O)C1. The second-order valence-corrected chi connectivity index (χ2v) is 5.16. The summed E-state index contributed by atoms with van der Waals surface area (Å²) in [4.78, 5) is 10.2. The minimum absolute atomic E-state index is 0.0877. The monoisotopic (exact) mass is 224 g/mol. The summed E-state index contributed by atoms with van der Waals surface area (Å²) in [6.07, 6.45) is -1.33. The van der Waals surface area contributed by atoms with Crippen molar-refractivity contribution in [1.82, 2.24) is 9.03 Å². The molecule has 8 heteroatoms. The highest BCUT2D eigenvalue weighted by atomic mass is 32.2. The van der Waals surface area contributed by atoms with Gasteiger partial charge in [0.05, 0.1) is 5.60 Å². The zero-order valence-electron chi connectivity index (χ0n) is 7.60. The maximum atomic E-state index is 11.3. The largest absolute Gasteiger partial charge is 0.464 e. The van der Waals surface area contributed by atoms with E-state index < -0.39 is 21.9 Å². The molecule has 0 aliphatic carbocycles. The summed E-state index contributed by atoms with van der Waals surface area (Å²) >= 11 is 0. The molecule has 1 fully saturated rings. The molecule has 1 heterocycles. The van der Waals surface area contributed by atoms with Gasteiger partial charge in [0.15, 0.2) is 0 Å². The van der Waals surface area contributed by atoms with E-state index in [1.54, 1.807) is 0 Å². The van der Waals surface area contributed by atoms with Crippen molar-refractivity contribution < 1.29 is 23.4 Å². The summed E-state index contributed by atoms with van der Waals surface area (Å²) in [5.74, 6) is 0. The number of carbonyl (C=O) groups is 1. The Bertz CT molecular complexity index is 336. The maximum absolute atomic E-state index is 11.3. The van der Waals surface area contributed by atoms with Gasteiger partial charge in [0.2, 0.25) is 0 Å². The molecule has 1 aliphatic heterocycles. The molecule has 0 aromatic carbocycles. The zero-order chi connectivity index (χ0) is 11.0. The van der Waals surface area contributed by atoms with E-state index in [0.29, 0.717) is 6.42 Å². The third-order valence-corrected chi connectivity index (χ3v) is 3.40. The quantitative estimate of drug-likeness (QED) is 0.555. The average Bonchev–Trinajstić information content (AvgIpc) is 2.27. The lowest BCUT2D eigenvalue weighted by Crippen LogP contribution is -2.43. The van der Waals surface area contributed by atoms with E-state index in [9.17, 15) is 18.3 Å². The van der Waals surface area contributed by atoms with Crippen LogP contribution in [0.2, 0.25) is 0 Å². The molecule has 0 radical (unpaired) electrons. The molecule has 0 bridgehead atoms. The zero-order valence-corrected chi connectivity index (χ0v) is 8.41. The molecule has 1 rings (SSSR count). The summed E-state index contributed by atoms with van der Waals surface area (Å²) in [6, 6.07) is 0. The molecule has 7 nitrogen and oxygen atoms in total. The molecule has 1 amide bonds. The molecule has 1 atom stereocenters. The fourth-order valence-corrected chi connectivity index (χ4v) is 2.41. The number of nitrogens with zero attached hydrogens (tertiary/aromatic N) is 1. The van der Waals surface area contributed by atoms with Gasteiger partial charge in [-0.15, -0.1) is 0 Å². The first-order valence-corrected chi connectivity index (χ1v) is 5.40. The number of aliphatic hydroxyl groups is 1. The van der Waals surface area contributed by atoms with Crippen molar-refractivity contribution in [2.75, 3.05) is 13.1 Å². The van der Waals surface area contributed by atoms with Gasteiger partial charge in [-0.05, 0) is 13.3 Å². The summed E-state index contributed by atoms with van der Waals surface area (Å²) < 4.78 is 24.8. The molecule has 82 valence electrons. The number of hydrogen-bond acceptors (Lipinski definition) is 4. The molecule has 0 saturated carbocycles. The van der Waals surface area contributed by atoms with Gasteiger partial charge in [0.25, 0.3) is 0 Å². The van der Waals surface area contributed by atoms with Crippen molar-refractivity contribution in [2.45, 2.75) is 18.9 Å². The molecule has 0 aromatic rings. The first-order chi connectivity index (χ1) is 6.23. The van der Waals surface area contributed by atoms with Crippen LogP contribution >= 0.6 is 0 Å². The van der Waals surface area contributed by atoms with Gasteiger partial charge >= 0.3 is 16.3 Å². The van der Waals surface area contributed by atoms with Gasteiger partial charge in [0.1, 0.15) is 0 Å². The average molecular weight is 224 g/mol. The van der Waals surface area contributed by atoms with Crippen LogP contribution < -0.4 is 4.72 Å². The fourth-order valence-electron chi connectivity index (χ4n) is 1.28. The van der Waals surface area contributed by atoms with E-state index in [2.05, 4.69) is 0 Å². The van der Waals surface area contributed by atoms with E-state index >= 15 is 0 Å². The van der Waals surface area contributed by atoms with Crippen molar-refractivity contribution in [3.05, 3.63) is 0 Å². The van der Waals surface area contributed by atoms with E-state index in [1.807, 2.05) is 0 Å². The highest BCUT2D eigenvalue weighted by Gasteiger charge is 2.38. The second kappa shape index (κ2) is 3.37. The lowest BCUT2D eigenvalue weighted by atomic mass is 10.1. The summed E-state index contributed by atoms with van der Waals surface area (Å²) in [7, 11) is -4.01. The van der Waals surface area contributed by atoms with Crippen molar-refractivity contribution in [3.8, 4) is 0 Å². The van der Waals surface area contributed by atoms with Crippen LogP contribution in [0.4, 0.5) is 4.79 Å². The molecule has 1 saturated heterocycles. The second-order valence-electron chi connectivity index (χ2n) is 3.49. The van der Waals surface area contributed by atoms with Crippen LogP contribution in [-0.2, 0) is 10.2 Å². The molecule has 1 aliphatic rings. The van der Waals surface area contributed by atoms with Crippen LogP contribution in [0.15, 0.2) is 0 Å². The van der Waals surface area contributed by atoms with Crippen LogP contribution in [0.25, 0.3) is 0 Å².